The smallest absolute Gasteiger partial charge is 0.0859 e. The van der Waals surface area contributed by atoms with Crippen LogP contribution >= 0.6 is 11.6 Å². The molecule has 72 valence electrons. The number of nitrogens with one attached hydrogen (secondary N) is 1. The summed E-state index contributed by atoms with van der Waals surface area (Å²) in [4.78, 5) is 0. The Balaban J connectivity index is 2.89. The first-order chi connectivity index (χ1) is 6.15. The Morgan fingerprint density at radius 2 is 2.46 bits per heavy atom. The molecule has 4 heteroatoms. The standard InChI is InChI=1S/C9H14ClN3/c1-7(5-11-2)4-9-8(10)6-12-13(9)3/h4,6,11H,5H2,1-3H3/b7-4+. The Kier molecular flexibility index (Phi) is 3.51. The highest BCUT2D eigenvalue weighted by molar-refractivity contribution is 6.31. The van der Waals surface area contributed by atoms with Gasteiger partial charge in [0.1, 0.15) is 0 Å². The SMILES string of the molecule is CNC/C(C)=C/c1c(Cl)cnn1C. The zero-order chi connectivity index (χ0) is 9.84. The molecule has 1 N–H and O–H groups in total. The molecule has 0 aliphatic carbocycles. The van der Waals surface area contributed by atoms with Crippen LogP contribution in [0.1, 0.15) is 12.6 Å². The number of nitrogens with zero attached hydrogens (tertiary/aromatic N) is 2. The predicted octanol–water partition coefficient (Wildman–Crippen LogP) is 1.70. The number of aromatic nitrogens is 2. The van der Waals surface area contributed by atoms with E-state index in [1.165, 1.54) is 5.57 Å². The minimum Gasteiger partial charge on any atom is -0.316 e. The van der Waals surface area contributed by atoms with Gasteiger partial charge in [-0.15, -0.1) is 0 Å². The quantitative estimate of drug-likeness (QED) is 0.803. The zero-order valence-corrected chi connectivity index (χ0v) is 8.89. The molecule has 0 bridgehead atoms. The van der Waals surface area contributed by atoms with Gasteiger partial charge >= 0.3 is 0 Å². The lowest BCUT2D eigenvalue weighted by atomic mass is 10.2. The van der Waals surface area contributed by atoms with E-state index in [9.17, 15) is 0 Å². The third-order valence-electron chi connectivity index (χ3n) is 1.78. The summed E-state index contributed by atoms with van der Waals surface area (Å²) in [5.74, 6) is 0. The van der Waals surface area contributed by atoms with Crippen molar-refractivity contribution in [3.05, 3.63) is 22.5 Å². The van der Waals surface area contributed by atoms with Crippen molar-refractivity contribution in [2.75, 3.05) is 13.6 Å². The number of halogens is 1. The van der Waals surface area contributed by atoms with Crippen LogP contribution in [0.3, 0.4) is 0 Å². The van der Waals surface area contributed by atoms with Gasteiger partial charge in [-0.25, -0.2) is 0 Å². The van der Waals surface area contributed by atoms with Crippen molar-refractivity contribution in [1.29, 1.82) is 0 Å². The summed E-state index contributed by atoms with van der Waals surface area (Å²) in [5.41, 5.74) is 2.18. The molecule has 0 unspecified atom stereocenters. The zero-order valence-electron chi connectivity index (χ0n) is 8.13. The lowest BCUT2D eigenvalue weighted by Crippen LogP contribution is -2.08. The Morgan fingerprint density at radius 3 is 2.92 bits per heavy atom. The number of likely N-dealkylation sites (N-methyl/N-ethyl adjacent to an activating group) is 1. The van der Waals surface area contributed by atoms with Gasteiger partial charge in [0, 0.05) is 13.6 Å². The fraction of sp³-hybridized carbons (Fsp3) is 0.444. The molecule has 13 heavy (non-hydrogen) atoms. The van der Waals surface area contributed by atoms with Gasteiger partial charge < -0.3 is 5.32 Å². The van der Waals surface area contributed by atoms with Gasteiger partial charge in [0.15, 0.2) is 0 Å². The first kappa shape index (κ1) is 10.3. The average Bonchev–Trinajstić information content (AvgIpc) is 2.36. The summed E-state index contributed by atoms with van der Waals surface area (Å²) in [7, 11) is 3.80. The Labute approximate surface area is 83.4 Å². The predicted molar refractivity (Wildman–Crippen MR) is 55.8 cm³/mol. The third kappa shape index (κ3) is 2.57. The Hall–Kier alpha value is -0.800. The molecule has 0 radical (unpaired) electrons. The molecule has 0 fully saturated rings. The summed E-state index contributed by atoms with van der Waals surface area (Å²) in [6.45, 7) is 2.92. The van der Waals surface area contributed by atoms with E-state index in [2.05, 4.69) is 17.3 Å². The van der Waals surface area contributed by atoms with Crippen molar-refractivity contribution < 1.29 is 0 Å². The van der Waals surface area contributed by atoms with Crippen molar-refractivity contribution in [3.63, 3.8) is 0 Å². The van der Waals surface area contributed by atoms with E-state index in [1.807, 2.05) is 20.2 Å². The fourth-order valence-electron chi connectivity index (χ4n) is 1.15. The highest BCUT2D eigenvalue weighted by atomic mass is 35.5. The van der Waals surface area contributed by atoms with E-state index in [-0.39, 0.29) is 0 Å². The molecule has 1 aromatic rings. The molecule has 1 heterocycles. The van der Waals surface area contributed by atoms with Crippen LogP contribution in [0.25, 0.3) is 6.08 Å². The van der Waals surface area contributed by atoms with E-state index in [0.717, 1.165) is 12.2 Å². The molecule has 1 aromatic heterocycles. The second-order valence-electron chi connectivity index (χ2n) is 3.02. The minimum atomic E-state index is 0.693. The van der Waals surface area contributed by atoms with Gasteiger partial charge in [-0.3, -0.25) is 4.68 Å². The summed E-state index contributed by atoms with van der Waals surface area (Å²) in [5, 5.41) is 7.82. The van der Waals surface area contributed by atoms with Crippen molar-refractivity contribution in [2.45, 2.75) is 6.92 Å². The molecule has 0 aromatic carbocycles. The Bertz CT molecular complexity index is 295. The van der Waals surface area contributed by atoms with Crippen LogP contribution in [-0.4, -0.2) is 23.4 Å². The molecule has 0 spiro atoms. The Morgan fingerprint density at radius 1 is 1.77 bits per heavy atom. The van der Waals surface area contributed by atoms with Crippen molar-refractivity contribution in [2.24, 2.45) is 7.05 Å². The van der Waals surface area contributed by atoms with Crippen molar-refractivity contribution >= 4 is 17.7 Å². The first-order valence-electron chi connectivity index (χ1n) is 4.14. The van der Waals surface area contributed by atoms with Crippen LogP contribution in [0.4, 0.5) is 0 Å². The first-order valence-corrected chi connectivity index (χ1v) is 4.52. The van der Waals surface area contributed by atoms with Gasteiger partial charge in [-0.1, -0.05) is 17.2 Å². The third-order valence-corrected chi connectivity index (χ3v) is 2.07. The van der Waals surface area contributed by atoms with E-state index in [1.54, 1.807) is 10.9 Å². The van der Waals surface area contributed by atoms with Gasteiger partial charge in [0.05, 0.1) is 16.9 Å². The maximum Gasteiger partial charge on any atom is 0.0859 e. The van der Waals surface area contributed by atoms with E-state index in [4.69, 9.17) is 11.6 Å². The van der Waals surface area contributed by atoms with Crippen LogP contribution in [-0.2, 0) is 7.05 Å². The molecular formula is C9H14ClN3. The highest BCUT2D eigenvalue weighted by Gasteiger charge is 2.02. The van der Waals surface area contributed by atoms with Gasteiger partial charge in [-0.2, -0.15) is 5.10 Å². The van der Waals surface area contributed by atoms with Crippen LogP contribution in [0, 0.1) is 0 Å². The largest absolute Gasteiger partial charge is 0.316 e. The summed E-state index contributed by atoms with van der Waals surface area (Å²) in [6, 6.07) is 0. The maximum atomic E-state index is 5.94. The highest BCUT2D eigenvalue weighted by Crippen LogP contribution is 2.16. The molecule has 0 saturated heterocycles. The lowest BCUT2D eigenvalue weighted by molar-refractivity contribution is 0.758. The maximum absolute atomic E-state index is 5.94. The van der Waals surface area contributed by atoms with Crippen LogP contribution in [0.15, 0.2) is 11.8 Å². The second kappa shape index (κ2) is 4.44. The van der Waals surface area contributed by atoms with E-state index >= 15 is 0 Å². The van der Waals surface area contributed by atoms with Crippen LogP contribution < -0.4 is 5.32 Å². The molecule has 3 nitrogen and oxygen atoms in total. The monoisotopic (exact) mass is 199 g/mol. The van der Waals surface area contributed by atoms with Gasteiger partial charge in [0.25, 0.3) is 0 Å². The number of hydrogen-bond donors (Lipinski definition) is 1. The fourth-order valence-corrected chi connectivity index (χ4v) is 1.37. The lowest BCUT2D eigenvalue weighted by Gasteiger charge is -2.00. The normalized spacial score (nSPS) is 12.2. The second-order valence-corrected chi connectivity index (χ2v) is 3.43. The molecule has 0 saturated carbocycles. The summed E-state index contributed by atoms with van der Waals surface area (Å²) in [6.07, 6.45) is 3.69. The van der Waals surface area contributed by atoms with Crippen LogP contribution in [0.2, 0.25) is 5.02 Å². The average molecular weight is 200 g/mol. The molecule has 0 aliphatic rings. The number of rotatable bonds is 3. The molecule has 0 aliphatic heterocycles. The molecule has 0 atom stereocenters. The van der Waals surface area contributed by atoms with Gasteiger partial charge in [-0.05, 0) is 20.0 Å². The summed E-state index contributed by atoms with van der Waals surface area (Å²) >= 11 is 5.94. The minimum absolute atomic E-state index is 0.693. The van der Waals surface area contributed by atoms with Crippen molar-refractivity contribution in [3.8, 4) is 0 Å². The summed E-state index contributed by atoms with van der Waals surface area (Å²) < 4.78 is 1.77. The topological polar surface area (TPSA) is 29.9 Å². The molecule has 1 rings (SSSR count). The molecular weight excluding hydrogens is 186 g/mol. The van der Waals surface area contributed by atoms with Crippen LogP contribution in [0.5, 0.6) is 0 Å². The molecule has 0 amide bonds. The number of aryl methyl sites for hydroxylation is 1. The van der Waals surface area contributed by atoms with E-state index < -0.39 is 0 Å². The van der Waals surface area contributed by atoms with Gasteiger partial charge in [0.2, 0.25) is 0 Å². The van der Waals surface area contributed by atoms with Crippen molar-refractivity contribution in [1.82, 2.24) is 15.1 Å². The van der Waals surface area contributed by atoms with E-state index in [0.29, 0.717) is 5.02 Å². The number of hydrogen-bond acceptors (Lipinski definition) is 2.